The quantitative estimate of drug-likeness (QED) is 0.310. The van der Waals surface area contributed by atoms with Crippen LogP contribution in [-0.4, -0.2) is 76.2 Å². The molecule has 1 unspecified atom stereocenters. The number of aromatic nitrogens is 1. The fourth-order valence-electron chi connectivity index (χ4n) is 3.74. The molecule has 0 aliphatic carbocycles. The molecule has 1 atom stereocenters. The standard InChI is InChI=1S/C29H32N2O4S.Na.H/c1-4-16-35-27-13-15-30-19-22(27)11-9-21-10-12-24(25(18-21)23-8-6-5-7-20(23)2)28(32)31-26(29(33)34)14-17-36-3;;/h5-13,15,18-19,26H,4,14,16-17H2,1-3H3,(H,31,32)(H,33,34);;/b11-9+;;. The molecule has 0 bridgehead atoms. The maximum absolute atomic E-state index is 13.2. The number of carboxylic acid groups (broad SMARTS) is 1. The van der Waals surface area contributed by atoms with E-state index in [4.69, 9.17) is 4.74 Å². The monoisotopic (exact) mass is 528 g/mol. The van der Waals surface area contributed by atoms with Gasteiger partial charge in [-0.1, -0.05) is 43.3 Å². The van der Waals surface area contributed by atoms with Crippen molar-refractivity contribution in [1.82, 2.24) is 10.3 Å². The van der Waals surface area contributed by atoms with E-state index in [2.05, 4.69) is 17.2 Å². The van der Waals surface area contributed by atoms with Crippen LogP contribution in [0.2, 0.25) is 0 Å². The number of carbonyl (C=O) groups is 2. The van der Waals surface area contributed by atoms with Crippen molar-refractivity contribution >= 4 is 65.3 Å². The average molecular weight is 529 g/mol. The van der Waals surface area contributed by atoms with Crippen molar-refractivity contribution in [2.75, 3.05) is 18.6 Å². The van der Waals surface area contributed by atoms with Gasteiger partial charge in [0.25, 0.3) is 5.91 Å². The van der Waals surface area contributed by atoms with Gasteiger partial charge in [0.05, 0.1) is 6.61 Å². The molecule has 8 heteroatoms. The Kier molecular flexibility index (Phi) is 12.9. The van der Waals surface area contributed by atoms with Gasteiger partial charge >= 0.3 is 35.5 Å². The van der Waals surface area contributed by atoms with Crippen molar-refractivity contribution < 1.29 is 19.4 Å². The molecule has 1 heterocycles. The Labute approximate surface area is 245 Å². The molecule has 190 valence electrons. The summed E-state index contributed by atoms with van der Waals surface area (Å²) in [5.74, 6) is -0.0286. The molecule has 0 aliphatic rings. The molecule has 2 N–H and O–H groups in total. The van der Waals surface area contributed by atoms with Crippen LogP contribution in [-0.2, 0) is 4.79 Å². The third-order valence-corrected chi connectivity index (χ3v) is 6.31. The predicted octanol–water partition coefficient (Wildman–Crippen LogP) is 5.30. The van der Waals surface area contributed by atoms with E-state index in [-0.39, 0.29) is 29.6 Å². The van der Waals surface area contributed by atoms with Gasteiger partial charge in [-0.05, 0) is 78.3 Å². The molecule has 0 radical (unpaired) electrons. The van der Waals surface area contributed by atoms with Crippen molar-refractivity contribution in [1.29, 1.82) is 0 Å². The summed E-state index contributed by atoms with van der Waals surface area (Å²) in [6.07, 6.45) is 10.5. The second-order valence-corrected chi connectivity index (χ2v) is 9.35. The Morgan fingerprint density at radius 2 is 1.92 bits per heavy atom. The van der Waals surface area contributed by atoms with Crippen molar-refractivity contribution in [3.05, 3.63) is 83.2 Å². The minimum absolute atomic E-state index is 0. The number of carboxylic acids is 1. The van der Waals surface area contributed by atoms with E-state index in [9.17, 15) is 14.7 Å². The Balaban J connectivity index is 0.00000481. The van der Waals surface area contributed by atoms with Crippen LogP contribution in [0, 0.1) is 6.92 Å². The van der Waals surface area contributed by atoms with Gasteiger partial charge in [-0.2, -0.15) is 11.8 Å². The van der Waals surface area contributed by atoms with E-state index in [0.29, 0.717) is 24.3 Å². The van der Waals surface area contributed by atoms with Crippen LogP contribution in [0.15, 0.2) is 60.9 Å². The molecule has 37 heavy (non-hydrogen) atoms. The molecule has 0 spiro atoms. The van der Waals surface area contributed by atoms with Crippen LogP contribution >= 0.6 is 11.8 Å². The third kappa shape index (κ3) is 8.75. The van der Waals surface area contributed by atoms with Crippen LogP contribution in [0.1, 0.15) is 46.8 Å². The summed E-state index contributed by atoms with van der Waals surface area (Å²) in [6.45, 7) is 4.67. The van der Waals surface area contributed by atoms with Crippen molar-refractivity contribution in [2.45, 2.75) is 32.7 Å². The van der Waals surface area contributed by atoms with Crippen LogP contribution in [0.3, 0.4) is 0 Å². The van der Waals surface area contributed by atoms with E-state index in [1.54, 1.807) is 30.2 Å². The number of ether oxygens (including phenoxy) is 1. The fourth-order valence-corrected chi connectivity index (χ4v) is 4.21. The SMILES string of the molecule is CCCOc1ccncc1/C=C/c1ccc(C(=O)NC(CCSC)C(=O)O)c(-c2ccccc2C)c1.[NaH]. The summed E-state index contributed by atoms with van der Waals surface area (Å²) < 4.78 is 5.82. The summed E-state index contributed by atoms with van der Waals surface area (Å²) >= 11 is 1.55. The second kappa shape index (κ2) is 15.6. The molecule has 0 saturated heterocycles. The Morgan fingerprint density at radius 1 is 1.14 bits per heavy atom. The van der Waals surface area contributed by atoms with Crippen LogP contribution in [0.25, 0.3) is 23.3 Å². The molecular formula is C29H33N2NaO4S. The van der Waals surface area contributed by atoms with Crippen LogP contribution in [0.4, 0.5) is 0 Å². The van der Waals surface area contributed by atoms with Gasteiger partial charge in [-0.15, -0.1) is 0 Å². The summed E-state index contributed by atoms with van der Waals surface area (Å²) in [5, 5.41) is 12.3. The first-order valence-corrected chi connectivity index (χ1v) is 13.3. The van der Waals surface area contributed by atoms with Crippen LogP contribution in [0.5, 0.6) is 5.75 Å². The summed E-state index contributed by atoms with van der Waals surface area (Å²) in [5.41, 5.74) is 4.88. The fraction of sp³-hybridized carbons (Fsp3) is 0.276. The predicted molar refractivity (Wildman–Crippen MR) is 155 cm³/mol. The number of pyridine rings is 1. The average Bonchev–Trinajstić information content (AvgIpc) is 2.89. The summed E-state index contributed by atoms with van der Waals surface area (Å²) in [4.78, 5) is 29.1. The number of nitrogens with zero attached hydrogens (tertiary/aromatic N) is 1. The number of aliphatic carboxylic acids is 1. The van der Waals surface area contributed by atoms with Crippen LogP contribution < -0.4 is 10.1 Å². The maximum atomic E-state index is 13.2. The number of aryl methyl sites for hydroxylation is 1. The van der Waals surface area contributed by atoms with E-state index >= 15 is 0 Å². The molecule has 0 saturated carbocycles. The Bertz CT molecular complexity index is 1230. The molecule has 2 aromatic carbocycles. The zero-order valence-corrected chi connectivity index (χ0v) is 21.7. The number of benzene rings is 2. The zero-order valence-electron chi connectivity index (χ0n) is 20.9. The van der Waals surface area contributed by atoms with Gasteiger partial charge in [0, 0.05) is 23.5 Å². The van der Waals surface area contributed by atoms with Gasteiger partial charge in [0.1, 0.15) is 11.8 Å². The summed E-state index contributed by atoms with van der Waals surface area (Å²) in [6, 6.07) is 14.3. The molecule has 0 fully saturated rings. The number of nitrogens with one attached hydrogen (secondary N) is 1. The van der Waals surface area contributed by atoms with E-state index < -0.39 is 17.9 Å². The molecule has 6 nitrogen and oxygen atoms in total. The topological polar surface area (TPSA) is 88.5 Å². The first-order valence-electron chi connectivity index (χ1n) is 11.9. The molecule has 1 amide bonds. The molecule has 0 aliphatic heterocycles. The zero-order chi connectivity index (χ0) is 25.9. The molecule has 3 rings (SSSR count). The molecule has 3 aromatic rings. The van der Waals surface area contributed by atoms with Gasteiger partial charge in [0.2, 0.25) is 0 Å². The Hall–Kier alpha value is -2.58. The van der Waals surface area contributed by atoms with Gasteiger partial charge in [-0.25, -0.2) is 4.79 Å². The number of carbonyl (C=O) groups excluding carboxylic acids is 1. The van der Waals surface area contributed by atoms with Gasteiger partial charge in [-0.3, -0.25) is 9.78 Å². The van der Waals surface area contributed by atoms with Crippen molar-refractivity contribution in [3.63, 3.8) is 0 Å². The minimum atomic E-state index is -1.04. The van der Waals surface area contributed by atoms with E-state index in [1.165, 1.54) is 0 Å². The first-order chi connectivity index (χ1) is 17.4. The summed E-state index contributed by atoms with van der Waals surface area (Å²) in [7, 11) is 0. The van der Waals surface area contributed by atoms with E-state index in [1.807, 2.05) is 67.8 Å². The molecule has 1 aromatic heterocycles. The van der Waals surface area contributed by atoms with Gasteiger partial charge < -0.3 is 15.2 Å². The number of thioether (sulfide) groups is 1. The van der Waals surface area contributed by atoms with Crippen molar-refractivity contribution in [2.24, 2.45) is 0 Å². The van der Waals surface area contributed by atoms with Gasteiger partial charge in [0.15, 0.2) is 0 Å². The number of hydrogen-bond donors (Lipinski definition) is 2. The first kappa shape index (κ1) is 30.6. The molecular weight excluding hydrogens is 495 g/mol. The number of amides is 1. The van der Waals surface area contributed by atoms with E-state index in [0.717, 1.165) is 40.0 Å². The third-order valence-electron chi connectivity index (χ3n) is 5.66. The normalized spacial score (nSPS) is 11.5. The number of rotatable bonds is 12. The second-order valence-electron chi connectivity index (χ2n) is 8.36. The van der Waals surface area contributed by atoms with Crippen molar-refractivity contribution in [3.8, 4) is 16.9 Å². The number of hydrogen-bond acceptors (Lipinski definition) is 5. The Morgan fingerprint density at radius 3 is 2.62 bits per heavy atom.